The van der Waals surface area contributed by atoms with Gasteiger partial charge in [0.25, 0.3) is 0 Å². The molecule has 16 heavy (non-hydrogen) atoms. The first-order chi connectivity index (χ1) is 7.56. The van der Waals surface area contributed by atoms with E-state index >= 15 is 0 Å². The maximum atomic E-state index is 2.33. The summed E-state index contributed by atoms with van der Waals surface area (Å²) in [6.07, 6.45) is 13.4. The lowest BCUT2D eigenvalue weighted by Gasteiger charge is -2.04. The van der Waals surface area contributed by atoms with E-state index in [0.717, 1.165) is 11.8 Å². The smallest absolute Gasteiger partial charge is 0.0259 e. The van der Waals surface area contributed by atoms with E-state index in [1.165, 1.54) is 37.7 Å². The fourth-order valence-corrected chi connectivity index (χ4v) is 1.83. The Kier molecular flexibility index (Phi) is 9.37. The average molecular weight is 222 g/mol. The third-order valence-electron chi connectivity index (χ3n) is 2.92. The molecule has 0 saturated heterocycles. The van der Waals surface area contributed by atoms with Crippen LogP contribution in [0.5, 0.6) is 0 Å². The molecule has 0 aromatic rings. The van der Waals surface area contributed by atoms with E-state index in [4.69, 9.17) is 0 Å². The van der Waals surface area contributed by atoms with Gasteiger partial charge in [0.2, 0.25) is 0 Å². The number of allylic oxidation sites excluding steroid dienone is 4. The Morgan fingerprint density at radius 1 is 1.12 bits per heavy atom. The molecule has 1 atom stereocenters. The van der Waals surface area contributed by atoms with Crippen molar-refractivity contribution in [2.24, 2.45) is 11.8 Å². The maximum absolute atomic E-state index is 2.33. The number of hydrogen-bond acceptors (Lipinski definition) is 0. The summed E-state index contributed by atoms with van der Waals surface area (Å²) in [6.45, 7) is 11.4. The topological polar surface area (TPSA) is 0 Å². The van der Waals surface area contributed by atoms with Crippen LogP contribution < -0.4 is 0 Å². The standard InChI is InChI=1S/C16H30/c1-6-9-15(4)12-8-13-16(5)11-7-10-14(2)3/h8,12-15H,6-7,9-11H2,1-5H3. The second-order valence-corrected chi connectivity index (χ2v) is 5.45. The van der Waals surface area contributed by atoms with Crippen molar-refractivity contribution < 1.29 is 0 Å². The first-order valence-corrected chi connectivity index (χ1v) is 6.90. The van der Waals surface area contributed by atoms with Gasteiger partial charge in [-0.3, -0.25) is 0 Å². The van der Waals surface area contributed by atoms with Gasteiger partial charge in [-0.25, -0.2) is 0 Å². The minimum atomic E-state index is 0.727. The van der Waals surface area contributed by atoms with Crippen molar-refractivity contribution >= 4 is 0 Å². The molecular formula is C16H30. The molecule has 0 aliphatic heterocycles. The molecule has 0 nitrogen and oxygen atoms in total. The molecule has 0 aliphatic carbocycles. The zero-order valence-corrected chi connectivity index (χ0v) is 11.9. The lowest BCUT2D eigenvalue weighted by atomic mass is 10.0. The molecule has 0 heterocycles. The van der Waals surface area contributed by atoms with Crippen LogP contribution in [-0.4, -0.2) is 0 Å². The summed E-state index contributed by atoms with van der Waals surface area (Å²) >= 11 is 0. The van der Waals surface area contributed by atoms with Crippen LogP contribution >= 0.6 is 0 Å². The Morgan fingerprint density at radius 3 is 2.38 bits per heavy atom. The van der Waals surface area contributed by atoms with Crippen LogP contribution in [0.4, 0.5) is 0 Å². The van der Waals surface area contributed by atoms with E-state index in [9.17, 15) is 0 Å². The van der Waals surface area contributed by atoms with Crippen molar-refractivity contribution in [2.45, 2.75) is 66.7 Å². The van der Waals surface area contributed by atoms with Crippen molar-refractivity contribution in [3.05, 3.63) is 23.8 Å². The van der Waals surface area contributed by atoms with Gasteiger partial charge in [0.05, 0.1) is 0 Å². The SMILES string of the molecule is CCCC(C)C=CC=C(C)CCCC(C)C. The highest BCUT2D eigenvalue weighted by Crippen LogP contribution is 2.12. The third kappa shape index (κ3) is 10.0. The molecule has 0 aromatic heterocycles. The first kappa shape index (κ1) is 15.5. The Morgan fingerprint density at radius 2 is 1.81 bits per heavy atom. The van der Waals surface area contributed by atoms with Crippen LogP contribution in [0, 0.1) is 11.8 Å². The average Bonchev–Trinajstić information content (AvgIpc) is 2.17. The van der Waals surface area contributed by atoms with Crippen molar-refractivity contribution in [3.8, 4) is 0 Å². The Labute approximate surface area is 103 Å². The van der Waals surface area contributed by atoms with E-state index in [1.54, 1.807) is 0 Å². The number of rotatable bonds is 8. The van der Waals surface area contributed by atoms with E-state index < -0.39 is 0 Å². The summed E-state index contributed by atoms with van der Waals surface area (Å²) in [4.78, 5) is 0. The normalized spacial score (nSPS) is 15.0. The Bertz CT molecular complexity index is 208. The van der Waals surface area contributed by atoms with Gasteiger partial charge in [-0.15, -0.1) is 0 Å². The highest BCUT2D eigenvalue weighted by atomic mass is 14.0. The van der Waals surface area contributed by atoms with Gasteiger partial charge < -0.3 is 0 Å². The number of hydrogen-bond donors (Lipinski definition) is 0. The summed E-state index contributed by atoms with van der Waals surface area (Å²) in [5.41, 5.74) is 1.51. The second kappa shape index (κ2) is 9.69. The van der Waals surface area contributed by atoms with Crippen molar-refractivity contribution in [3.63, 3.8) is 0 Å². The van der Waals surface area contributed by atoms with E-state index in [1.807, 2.05) is 0 Å². The predicted molar refractivity (Wildman–Crippen MR) is 75.7 cm³/mol. The third-order valence-corrected chi connectivity index (χ3v) is 2.92. The highest BCUT2D eigenvalue weighted by molar-refractivity contribution is 5.11. The van der Waals surface area contributed by atoms with Gasteiger partial charge in [-0.05, 0) is 38.0 Å². The lowest BCUT2D eigenvalue weighted by molar-refractivity contribution is 0.555. The molecule has 0 rings (SSSR count). The van der Waals surface area contributed by atoms with Gasteiger partial charge in [0, 0.05) is 0 Å². The molecule has 1 unspecified atom stereocenters. The summed E-state index contributed by atoms with van der Waals surface area (Å²) < 4.78 is 0. The van der Waals surface area contributed by atoms with Crippen molar-refractivity contribution in [2.75, 3.05) is 0 Å². The molecule has 0 radical (unpaired) electrons. The molecule has 0 amide bonds. The molecule has 0 spiro atoms. The maximum Gasteiger partial charge on any atom is -0.0259 e. The minimum absolute atomic E-state index is 0.727. The van der Waals surface area contributed by atoms with Crippen LogP contribution in [-0.2, 0) is 0 Å². The van der Waals surface area contributed by atoms with Crippen LogP contribution in [0.1, 0.15) is 66.7 Å². The molecule has 0 aliphatic rings. The molecule has 0 N–H and O–H groups in total. The van der Waals surface area contributed by atoms with Crippen LogP contribution in [0.15, 0.2) is 23.8 Å². The first-order valence-electron chi connectivity index (χ1n) is 6.90. The highest BCUT2D eigenvalue weighted by Gasteiger charge is 1.95. The predicted octanol–water partition coefficient (Wildman–Crippen LogP) is 5.75. The van der Waals surface area contributed by atoms with Crippen LogP contribution in [0.2, 0.25) is 0 Å². The van der Waals surface area contributed by atoms with Gasteiger partial charge in [0.15, 0.2) is 0 Å². The quantitative estimate of drug-likeness (QED) is 0.459. The summed E-state index contributed by atoms with van der Waals surface area (Å²) in [6, 6.07) is 0. The van der Waals surface area contributed by atoms with Crippen LogP contribution in [0.25, 0.3) is 0 Å². The van der Waals surface area contributed by atoms with Gasteiger partial charge in [-0.1, -0.05) is 64.3 Å². The molecule has 94 valence electrons. The summed E-state index contributed by atoms with van der Waals surface area (Å²) in [5.74, 6) is 1.57. The zero-order valence-electron chi connectivity index (χ0n) is 11.9. The fraction of sp³-hybridized carbons (Fsp3) is 0.750. The van der Waals surface area contributed by atoms with E-state index in [0.29, 0.717) is 0 Å². The lowest BCUT2D eigenvalue weighted by Crippen LogP contribution is -1.88. The fourth-order valence-electron chi connectivity index (χ4n) is 1.83. The monoisotopic (exact) mass is 222 g/mol. The molecule has 0 fully saturated rings. The summed E-state index contributed by atoms with van der Waals surface area (Å²) in [5, 5.41) is 0. The summed E-state index contributed by atoms with van der Waals surface area (Å²) in [7, 11) is 0. The molecular weight excluding hydrogens is 192 g/mol. The van der Waals surface area contributed by atoms with Gasteiger partial charge in [0.1, 0.15) is 0 Å². The van der Waals surface area contributed by atoms with Crippen LogP contribution in [0.3, 0.4) is 0 Å². The molecule has 0 bridgehead atoms. The Balaban J connectivity index is 3.76. The van der Waals surface area contributed by atoms with E-state index in [-0.39, 0.29) is 0 Å². The zero-order chi connectivity index (χ0) is 12.4. The van der Waals surface area contributed by atoms with Gasteiger partial charge in [-0.2, -0.15) is 0 Å². The van der Waals surface area contributed by atoms with Crippen molar-refractivity contribution in [1.82, 2.24) is 0 Å². The second-order valence-electron chi connectivity index (χ2n) is 5.45. The largest absolute Gasteiger partial charge is 0.0817 e. The van der Waals surface area contributed by atoms with Gasteiger partial charge >= 0.3 is 0 Å². The minimum Gasteiger partial charge on any atom is -0.0817 e. The molecule has 0 heteroatoms. The Hall–Kier alpha value is -0.520. The molecule has 0 saturated carbocycles. The van der Waals surface area contributed by atoms with E-state index in [2.05, 4.69) is 52.8 Å². The molecule has 0 aromatic carbocycles. The van der Waals surface area contributed by atoms with Crippen molar-refractivity contribution in [1.29, 1.82) is 0 Å².